The minimum absolute atomic E-state index is 0.0925. The van der Waals surface area contributed by atoms with E-state index in [9.17, 15) is 23.1 Å². The molecule has 2 N–H and O–H groups in total. The minimum atomic E-state index is -3.88. The highest BCUT2D eigenvalue weighted by atomic mass is 35.5. The lowest BCUT2D eigenvalue weighted by atomic mass is 9.92. The Balaban J connectivity index is 2.15. The summed E-state index contributed by atoms with van der Waals surface area (Å²) in [5, 5.41) is 10.4. The number of anilines is 1. The lowest BCUT2D eigenvalue weighted by molar-refractivity contribution is -0.137. The lowest BCUT2D eigenvalue weighted by Gasteiger charge is -2.32. The molecule has 3 rings (SSSR count). The molecule has 40 heavy (non-hydrogen) atoms. The monoisotopic (exact) mass is 596 g/mol. The van der Waals surface area contributed by atoms with E-state index in [1.54, 1.807) is 50.2 Å². The van der Waals surface area contributed by atoms with Crippen molar-refractivity contribution in [2.24, 2.45) is 5.41 Å². The van der Waals surface area contributed by atoms with Gasteiger partial charge in [0.1, 0.15) is 12.2 Å². The Hall–Kier alpha value is -2.86. The summed E-state index contributed by atoms with van der Waals surface area (Å²) in [6.45, 7) is 5.32. The maximum absolute atomic E-state index is 14.0. The molecule has 0 saturated heterocycles. The van der Waals surface area contributed by atoms with Crippen LogP contribution in [0.1, 0.15) is 57.3 Å². The number of methoxy groups -OCH3 is 2. The topological polar surface area (TPSA) is 131 Å². The van der Waals surface area contributed by atoms with Crippen LogP contribution in [0.2, 0.25) is 5.02 Å². The van der Waals surface area contributed by atoms with Gasteiger partial charge in [0.25, 0.3) is 5.91 Å². The fourth-order valence-electron chi connectivity index (χ4n) is 4.47. The average molecular weight is 597 g/mol. The predicted octanol–water partition coefficient (Wildman–Crippen LogP) is 3.83. The molecule has 2 atom stereocenters. The van der Waals surface area contributed by atoms with Crippen LogP contribution >= 0.6 is 11.6 Å². The number of nitrogens with one attached hydrogen (secondary N) is 1. The van der Waals surface area contributed by atoms with Gasteiger partial charge in [-0.2, -0.15) is 0 Å². The molecule has 10 nitrogen and oxygen atoms in total. The molecule has 0 fully saturated rings. The number of rotatable bonds is 12. The Morgan fingerprint density at radius 3 is 2.52 bits per heavy atom. The van der Waals surface area contributed by atoms with Crippen molar-refractivity contribution in [2.45, 2.75) is 52.2 Å². The molecule has 1 heterocycles. The molecule has 0 bridgehead atoms. The van der Waals surface area contributed by atoms with Gasteiger partial charge < -0.3 is 24.2 Å². The number of ether oxygens (including phenoxy) is 3. The van der Waals surface area contributed by atoms with Gasteiger partial charge in [-0.1, -0.05) is 50.9 Å². The van der Waals surface area contributed by atoms with E-state index in [2.05, 4.69) is 4.72 Å². The Morgan fingerprint density at radius 1 is 1.18 bits per heavy atom. The number of hydrogen-bond donors (Lipinski definition) is 2. The van der Waals surface area contributed by atoms with E-state index in [1.165, 1.54) is 19.1 Å². The van der Waals surface area contributed by atoms with Crippen molar-refractivity contribution in [3.63, 3.8) is 0 Å². The van der Waals surface area contributed by atoms with Crippen LogP contribution in [0.25, 0.3) is 0 Å². The molecule has 0 saturated carbocycles. The summed E-state index contributed by atoms with van der Waals surface area (Å²) in [6.07, 6.45) is -1.84. The lowest BCUT2D eigenvalue weighted by Crippen LogP contribution is -2.47. The smallest absolute Gasteiger partial charge is 0.256 e. The van der Waals surface area contributed by atoms with E-state index < -0.39 is 45.9 Å². The molecule has 220 valence electrons. The first-order valence-electron chi connectivity index (χ1n) is 13.0. The zero-order chi connectivity index (χ0) is 29.7. The van der Waals surface area contributed by atoms with Crippen LogP contribution in [0.4, 0.5) is 5.69 Å². The van der Waals surface area contributed by atoms with E-state index in [1.807, 2.05) is 6.92 Å². The number of hydrogen-bond acceptors (Lipinski definition) is 8. The Morgan fingerprint density at radius 2 is 1.90 bits per heavy atom. The maximum atomic E-state index is 14.0. The molecule has 0 radical (unpaired) electrons. The number of aliphatic hydroxyl groups excluding tert-OH is 1. The van der Waals surface area contributed by atoms with Crippen LogP contribution in [0.15, 0.2) is 36.4 Å². The molecule has 2 amide bonds. The van der Waals surface area contributed by atoms with Crippen molar-refractivity contribution in [3.05, 3.63) is 52.5 Å². The molecule has 12 heteroatoms. The predicted molar refractivity (Wildman–Crippen MR) is 152 cm³/mol. The summed E-state index contributed by atoms with van der Waals surface area (Å²) in [5.74, 6) is -0.842. The summed E-state index contributed by atoms with van der Waals surface area (Å²) in [7, 11) is -0.907. The molecule has 0 aromatic heterocycles. The number of aliphatic hydroxyl groups is 1. The third-order valence-electron chi connectivity index (χ3n) is 6.54. The van der Waals surface area contributed by atoms with Crippen LogP contribution in [0.5, 0.6) is 11.5 Å². The molecular formula is C28H37ClN2O8S. The van der Waals surface area contributed by atoms with Crippen LogP contribution < -0.4 is 19.1 Å². The second-order valence-electron chi connectivity index (χ2n) is 10.4. The van der Waals surface area contributed by atoms with Crippen LogP contribution in [0, 0.1) is 5.41 Å². The number of halogens is 1. The number of amides is 2. The van der Waals surface area contributed by atoms with Crippen LogP contribution in [0.3, 0.4) is 0 Å². The first kappa shape index (κ1) is 31.7. The van der Waals surface area contributed by atoms with Gasteiger partial charge in [0.15, 0.2) is 11.5 Å². The number of unbranched alkanes of at least 4 members (excludes halogenated alkanes) is 1. The number of sulfonamides is 1. The summed E-state index contributed by atoms with van der Waals surface area (Å²) in [4.78, 5) is 28.4. The quantitative estimate of drug-likeness (QED) is 0.378. The van der Waals surface area contributed by atoms with Crippen LogP contribution in [-0.2, 0) is 24.3 Å². The highest BCUT2D eigenvalue weighted by Crippen LogP contribution is 2.45. The SMILES string of the molecule is CCCCS(=O)(=O)NC(=O)CC1OC(c2cccc(OC)c2OC)c2cc(Cl)ccc2N(CC(C)(C)CO)C1=O. The second kappa shape index (κ2) is 13.2. The minimum Gasteiger partial charge on any atom is -0.493 e. The Labute approximate surface area is 240 Å². The van der Waals surface area contributed by atoms with Gasteiger partial charge >= 0.3 is 0 Å². The molecule has 1 aliphatic heterocycles. The normalized spacial score (nSPS) is 17.7. The molecule has 2 unspecified atom stereocenters. The number of benzene rings is 2. The fourth-order valence-corrected chi connectivity index (χ4v) is 5.86. The number of para-hydroxylation sites is 1. The van der Waals surface area contributed by atoms with Gasteiger partial charge in [0, 0.05) is 40.4 Å². The third-order valence-corrected chi connectivity index (χ3v) is 8.14. The number of fused-ring (bicyclic) bond motifs is 1. The van der Waals surface area contributed by atoms with Gasteiger partial charge in [0.05, 0.1) is 26.4 Å². The summed E-state index contributed by atoms with van der Waals surface area (Å²) in [6, 6.07) is 10.2. The highest BCUT2D eigenvalue weighted by Gasteiger charge is 2.41. The second-order valence-corrected chi connectivity index (χ2v) is 12.7. The van der Waals surface area contributed by atoms with Crippen molar-refractivity contribution in [1.29, 1.82) is 0 Å². The van der Waals surface area contributed by atoms with Crippen LogP contribution in [-0.4, -0.2) is 64.6 Å². The molecule has 0 spiro atoms. The molecule has 2 aromatic rings. The first-order valence-corrected chi connectivity index (χ1v) is 15.0. The third kappa shape index (κ3) is 7.45. The number of carbonyl (C=O) groups is 2. The first-order chi connectivity index (χ1) is 18.9. The summed E-state index contributed by atoms with van der Waals surface area (Å²) < 4.78 is 44.3. The largest absolute Gasteiger partial charge is 0.493 e. The molecular weight excluding hydrogens is 560 g/mol. The van der Waals surface area contributed by atoms with Gasteiger partial charge in [0.2, 0.25) is 15.9 Å². The number of nitrogens with zero attached hydrogens (tertiary/aromatic N) is 1. The van der Waals surface area contributed by atoms with Crippen molar-refractivity contribution < 1.29 is 37.3 Å². The van der Waals surface area contributed by atoms with Gasteiger partial charge in [-0.25, -0.2) is 8.42 Å². The van der Waals surface area contributed by atoms with E-state index >= 15 is 0 Å². The van der Waals surface area contributed by atoms with Crippen molar-refractivity contribution >= 4 is 39.1 Å². The van der Waals surface area contributed by atoms with E-state index in [0.717, 1.165) is 0 Å². The van der Waals surface area contributed by atoms with Crippen molar-refractivity contribution in [1.82, 2.24) is 4.72 Å². The standard InChI is InChI=1S/C28H37ClN2O8S/c1-6-7-13-40(35,36)30-24(33)15-23-27(34)31(16-28(2,3)17-32)21-12-11-18(29)14-20(21)25(39-23)19-9-8-10-22(37-4)26(19)38-5/h8-12,14,23,25,32H,6-7,13,15-17H2,1-5H3,(H,30,33). The zero-order valence-electron chi connectivity index (χ0n) is 23.4. The summed E-state index contributed by atoms with van der Waals surface area (Å²) in [5.41, 5.74) is 0.808. The molecule has 1 aliphatic rings. The van der Waals surface area contributed by atoms with Crippen molar-refractivity contribution in [2.75, 3.05) is 38.0 Å². The number of carbonyl (C=O) groups excluding carboxylic acids is 2. The van der Waals surface area contributed by atoms with Gasteiger partial charge in [-0.15, -0.1) is 0 Å². The maximum Gasteiger partial charge on any atom is 0.256 e. The van der Waals surface area contributed by atoms with Gasteiger partial charge in [-0.3, -0.25) is 14.3 Å². The molecule has 2 aromatic carbocycles. The van der Waals surface area contributed by atoms with Gasteiger partial charge in [-0.05, 0) is 30.7 Å². The van der Waals surface area contributed by atoms with E-state index in [4.69, 9.17) is 25.8 Å². The highest BCUT2D eigenvalue weighted by molar-refractivity contribution is 7.90. The molecule has 0 aliphatic carbocycles. The fraction of sp³-hybridized carbons (Fsp3) is 0.500. The Bertz CT molecular complexity index is 1330. The Kier molecular flexibility index (Phi) is 10.5. The summed E-state index contributed by atoms with van der Waals surface area (Å²) >= 11 is 6.41. The van der Waals surface area contributed by atoms with E-state index in [-0.39, 0.29) is 18.9 Å². The van der Waals surface area contributed by atoms with E-state index in [0.29, 0.717) is 46.2 Å². The van der Waals surface area contributed by atoms with Crippen molar-refractivity contribution in [3.8, 4) is 11.5 Å². The zero-order valence-corrected chi connectivity index (χ0v) is 25.0. The average Bonchev–Trinajstić information content (AvgIpc) is 3.01.